The Morgan fingerprint density at radius 3 is 2.48 bits per heavy atom. The Balaban J connectivity index is 2.09. The van der Waals surface area contributed by atoms with Gasteiger partial charge in [-0.1, -0.05) is 42.8 Å². The average Bonchev–Trinajstić information content (AvgIpc) is 2.50. The molecule has 0 amide bonds. The summed E-state index contributed by atoms with van der Waals surface area (Å²) in [5, 5.41) is -0.0283. The van der Waals surface area contributed by atoms with Crippen LogP contribution >= 0.6 is 11.6 Å². The summed E-state index contributed by atoms with van der Waals surface area (Å²) in [6, 6.07) is 11.5. The molecule has 2 aromatic rings. The minimum Gasteiger partial charge on any atom is -0.483 e. The van der Waals surface area contributed by atoms with E-state index < -0.39 is 11.9 Å². The van der Waals surface area contributed by atoms with E-state index >= 15 is 0 Å². The van der Waals surface area contributed by atoms with Crippen LogP contribution in [0.5, 0.6) is 5.75 Å². The Bertz CT molecular complexity index is 638. The minimum atomic E-state index is -0.668. The maximum Gasteiger partial charge on any atom is 0.202 e. The van der Waals surface area contributed by atoms with Gasteiger partial charge in [0.15, 0.2) is 6.10 Å². The van der Waals surface area contributed by atoms with Crippen LogP contribution in [-0.2, 0) is 6.42 Å². The van der Waals surface area contributed by atoms with Crippen LogP contribution in [0.3, 0.4) is 0 Å². The van der Waals surface area contributed by atoms with Crippen molar-refractivity contribution in [1.82, 2.24) is 0 Å². The highest BCUT2D eigenvalue weighted by atomic mass is 35.5. The van der Waals surface area contributed by atoms with Gasteiger partial charge in [-0.25, -0.2) is 4.39 Å². The molecule has 0 saturated carbocycles. The quantitative estimate of drug-likeness (QED) is 0.749. The fraction of sp³-hybridized carbons (Fsp3) is 0.235. The fourth-order valence-electron chi connectivity index (χ4n) is 1.95. The number of ether oxygens (including phenoxy) is 1. The van der Waals surface area contributed by atoms with Gasteiger partial charge in [0, 0.05) is 11.6 Å². The van der Waals surface area contributed by atoms with E-state index in [1.54, 1.807) is 19.1 Å². The molecule has 4 heteroatoms. The number of rotatable bonds is 5. The SMILES string of the molecule is CCc1ccc(C(=O)C(C)Oc2ccc(F)c(Cl)c2)cc1. The van der Waals surface area contributed by atoms with E-state index in [1.165, 1.54) is 23.8 Å². The number of Topliss-reactive ketones (excluding diaryl/α,β-unsaturated/α-hetero) is 1. The van der Waals surface area contributed by atoms with E-state index in [2.05, 4.69) is 6.92 Å². The molecule has 21 heavy (non-hydrogen) atoms. The summed E-state index contributed by atoms with van der Waals surface area (Å²) >= 11 is 5.69. The third-order valence-corrected chi connectivity index (χ3v) is 3.51. The van der Waals surface area contributed by atoms with Crippen LogP contribution in [-0.4, -0.2) is 11.9 Å². The van der Waals surface area contributed by atoms with Gasteiger partial charge in [-0.2, -0.15) is 0 Å². The molecule has 0 heterocycles. The van der Waals surface area contributed by atoms with Gasteiger partial charge in [0.2, 0.25) is 5.78 Å². The van der Waals surface area contributed by atoms with Crippen molar-refractivity contribution >= 4 is 17.4 Å². The largest absolute Gasteiger partial charge is 0.483 e. The van der Waals surface area contributed by atoms with Gasteiger partial charge in [0.1, 0.15) is 11.6 Å². The highest BCUT2D eigenvalue weighted by Crippen LogP contribution is 2.22. The highest BCUT2D eigenvalue weighted by Gasteiger charge is 2.17. The maximum atomic E-state index is 13.1. The van der Waals surface area contributed by atoms with Crippen molar-refractivity contribution in [2.45, 2.75) is 26.4 Å². The Morgan fingerprint density at radius 2 is 1.90 bits per heavy atom. The molecule has 0 aromatic heterocycles. The van der Waals surface area contributed by atoms with E-state index in [0.717, 1.165) is 6.42 Å². The highest BCUT2D eigenvalue weighted by molar-refractivity contribution is 6.30. The predicted molar refractivity (Wildman–Crippen MR) is 81.7 cm³/mol. The molecular formula is C17H16ClFO2. The second kappa shape index (κ2) is 6.72. The van der Waals surface area contributed by atoms with Crippen molar-refractivity contribution in [3.63, 3.8) is 0 Å². The van der Waals surface area contributed by atoms with Gasteiger partial charge in [0.05, 0.1) is 5.02 Å². The second-order valence-electron chi connectivity index (χ2n) is 4.75. The second-order valence-corrected chi connectivity index (χ2v) is 5.16. The van der Waals surface area contributed by atoms with Crippen LogP contribution in [0.1, 0.15) is 29.8 Å². The third kappa shape index (κ3) is 3.82. The lowest BCUT2D eigenvalue weighted by molar-refractivity contribution is 0.0818. The summed E-state index contributed by atoms with van der Waals surface area (Å²) in [5.41, 5.74) is 1.76. The van der Waals surface area contributed by atoms with E-state index in [4.69, 9.17) is 16.3 Å². The monoisotopic (exact) mass is 306 g/mol. The van der Waals surface area contributed by atoms with Crippen molar-refractivity contribution in [2.24, 2.45) is 0 Å². The van der Waals surface area contributed by atoms with Gasteiger partial charge in [0.25, 0.3) is 0 Å². The number of ketones is 1. The zero-order chi connectivity index (χ0) is 15.4. The summed E-state index contributed by atoms with van der Waals surface area (Å²) in [4.78, 5) is 12.3. The molecule has 2 nitrogen and oxygen atoms in total. The molecule has 0 radical (unpaired) electrons. The zero-order valence-corrected chi connectivity index (χ0v) is 12.7. The molecule has 0 fully saturated rings. The number of benzene rings is 2. The van der Waals surface area contributed by atoms with Crippen LogP contribution < -0.4 is 4.74 Å². The summed E-state index contributed by atoms with van der Waals surface area (Å²) in [7, 11) is 0. The van der Waals surface area contributed by atoms with Crippen LogP contribution in [0, 0.1) is 5.82 Å². The molecule has 0 aliphatic carbocycles. The van der Waals surface area contributed by atoms with Crippen LogP contribution in [0.4, 0.5) is 4.39 Å². The average molecular weight is 307 g/mol. The predicted octanol–water partition coefficient (Wildman–Crippen LogP) is 4.69. The lowest BCUT2D eigenvalue weighted by atomic mass is 10.0. The van der Waals surface area contributed by atoms with Crippen molar-refractivity contribution in [3.05, 3.63) is 64.4 Å². The molecule has 1 atom stereocenters. The summed E-state index contributed by atoms with van der Waals surface area (Å²) in [6.07, 6.45) is 0.258. The number of aryl methyl sites for hydroxylation is 1. The zero-order valence-electron chi connectivity index (χ0n) is 11.9. The van der Waals surface area contributed by atoms with Gasteiger partial charge in [-0.15, -0.1) is 0 Å². The van der Waals surface area contributed by atoms with Crippen LogP contribution in [0.25, 0.3) is 0 Å². The molecule has 0 aliphatic heterocycles. The molecule has 0 bridgehead atoms. The number of hydrogen-bond acceptors (Lipinski definition) is 2. The van der Waals surface area contributed by atoms with Crippen molar-refractivity contribution in [3.8, 4) is 5.75 Å². The molecule has 0 N–H and O–H groups in total. The number of carbonyl (C=O) groups is 1. The number of halogens is 2. The molecular weight excluding hydrogens is 291 g/mol. The maximum absolute atomic E-state index is 13.1. The Kier molecular flexibility index (Phi) is 4.97. The molecule has 0 aliphatic rings. The number of carbonyl (C=O) groups excluding carboxylic acids is 1. The molecule has 0 spiro atoms. The van der Waals surface area contributed by atoms with Gasteiger partial charge >= 0.3 is 0 Å². The lowest BCUT2D eigenvalue weighted by Crippen LogP contribution is -2.23. The molecule has 1 unspecified atom stereocenters. The Labute approximate surface area is 128 Å². The summed E-state index contributed by atoms with van der Waals surface area (Å²) in [6.45, 7) is 3.72. The lowest BCUT2D eigenvalue weighted by Gasteiger charge is -2.14. The van der Waals surface area contributed by atoms with Crippen molar-refractivity contribution in [1.29, 1.82) is 0 Å². The van der Waals surface area contributed by atoms with Crippen LogP contribution in [0.2, 0.25) is 5.02 Å². The standard InChI is InChI=1S/C17H16ClFO2/c1-3-12-4-6-13(7-5-12)17(20)11(2)21-14-8-9-16(19)15(18)10-14/h4-11H,3H2,1-2H3. The Morgan fingerprint density at radius 1 is 1.24 bits per heavy atom. The third-order valence-electron chi connectivity index (χ3n) is 3.22. The van der Waals surface area contributed by atoms with Crippen LogP contribution in [0.15, 0.2) is 42.5 Å². The normalized spacial score (nSPS) is 12.0. The van der Waals surface area contributed by atoms with Crippen molar-refractivity contribution < 1.29 is 13.9 Å². The van der Waals surface area contributed by atoms with E-state index in [0.29, 0.717) is 11.3 Å². The summed E-state index contributed by atoms with van der Waals surface area (Å²) in [5.74, 6) is -0.274. The van der Waals surface area contributed by atoms with Gasteiger partial charge < -0.3 is 4.74 Å². The van der Waals surface area contributed by atoms with E-state index in [9.17, 15) is 9.18 Å². The summed E-state index contributed by atoms with van der Waals surface area (Å²) < 4.78 is 18.6. The first-order chi connectivity index (χ1) is 10.0. The first kappa shape index (κ1) is 15.5. The molecule has 2 rings (SSSR count). The minimum absolute atomic E-state index is 0.0283. The first-order valence-electron chi connectivity index (χ1n) is 6.76. The first-order valence-corrected chi connectivity index (χ1v) is 7.14. The fourth-order valence-corrected chi connectivity index (χ4v) is 2.12. The van der Waals surface area contributed by atoms with Crippen molar-refractivity contribution in [2.75, 3.05) is 0 Å². The molecule has 110 valence electrons. The Hall–Kier alpha value is -1.87. The van der Waals surface area contributed by atoms with E-state index in [1.807, 2.05) is 12.1 Å². The number of hydrogen-bond donors (Lipinski definition) is 0. The molecule has 0 saturated heterocycles. The van der Waals surface area contributed by atoms with Gasteiger partial charge in [-0.05, 0) is 31.0 Å². The van der Waals surface area contributed by atoms with Gasteiger partial charge in [-0.3, -0.25) is 4.79 Å². The van der Waals surface area contributed by atoms with E-state index in [-0.39, 0.29) is 10.8 Å². The molecule has 2 aromatic carbocycles. The topological polar surface area (TPSA) is 26.3 Å². The smallest absolute Gasteiger partial charge is 0.202 e.